The van der Waals surface area contributed by atoms with Crippen molar-refractivity contribution in [2.24, 2.45) is 0 Å². The van der Waals surface area contributed by atoms with Crippen molar-refractivity contribution in [2.75, 3.05) is 0 Å². The van der Waals surface area contributed by atoms with Gasteiger partial charge in [-0.3, -0.25) is 0 Å². The largest absolute Gasteiger partial charge is 0.452 e. The predicted molar refractivity (Wildman–Crippen MR) is 335 cm³/mol. The fourth-order valence-corrected chi connectivity index (χ4v) is 34.4. The molecule has 0 atom stereocenters. The van der Waals surface area contributed by atoms with E-state index in [2.05, 4.69) is 210 Å². The molecule has 9 rings (SSSR count). The second-order valence-corrected chi connectivity index (χ2v) is 38.0. The Balaban J connectivity index is 1.39. The maximum absolute atomic E-state index is 7.29. The van der Waals surface area contributed by atoms with Gasteiger partial charge in [0.25, 0.3) is 0 Å². The third kappa shape index (κ3) is 11.1. The number of unbranched alkanes of at least 4 members (excludes halogenated alkanes) is 6. The maximum Gasteiger partial charge on any atom is 0.181 e. The summed E-state index contributed by atoms with van der Waals surface area (Å²) < 4.78 is 14.6. The zero-order valence-electron chi connectivity index (χ0n) is 45.7. The third-order valence-electron chi connectivity index (χ3n) is 16.6. The average Bonchev–Trinajstić information content (AvgIpc) is 4.04. The number of furan rings is 2. The topological polar surface area (TPSA) is 38.3 Å². The van der Waals surface area contributed by atoms with Gasteiger partial charge in [-0.05, 0) is 29.8 Å². The lowest BCUT2D eigenvalue weighted by Gasteiger charge is -2.36. The van der Waals surface area contributed by atoms with Crippen molar-refractivity contribution in [2.45, 2.75) is 161 Å². The van der Waals surface area contributed by atoms with Gasteiger partial charge >= 0.3 is 0 Å². The lowest BCUT2D eigenvalue weighted by atomic mass is 10.1. The molecule has 0 bridgehead atoms. The molecule has 1 N–H and O–H groups in total. The summed E-state index contributed by atoms with van der Waals surface area (Å²) in [6.45, 7) is 15.0. The quantitative estimate of drug-likeness (QED) is 0.0392. The molecule has 0 radical (unpaired) electrons. The Labute approximate surface area is 448 Å². The first-order valence-electron chi connectivity index (χ1n) is 28.9. The summed E-state index contributed by atoms with van der Waals surface area (Å²) in [5, 5.41) is 18.0. The van der Waals surface area contributed by atoms with E-state index in [9.17, 15) is 0 Å². The zero-order valence-corrected chi connectivity index (χ0v) is 49.5. The van der Waals surface area contributed by atoms with Gasteiger partial charge in [0.1, 0.15) is 18.8 Å². The van der Waals surface area contributed by atoms with Crippen LogP contribution in [0.4, 0.5) is 0 Å². The molecule has 0 fully saturated rings. The van der Waals surface area contributed by atoms with E-state index in [0.717, 1.165) is 33.1 Å². The molecule has 2 aromatic heterocycles. The number of para-hydroxylation sites is 4. The molecule has 7 heteroatoms. The molecule has 0 spiro atoms. The highest BCUT2D eigenvalue weighted by molar-refractivity contribution is 8.49. The van der Waals surface area contributed by atoms with Crippen molar-refractivity contribution in [3.05, 3.63) is 169 Å². The molecule has 7 aromatic carbocycles. The highest BCUT2D eigenvalue weighted by atomic mass is 32.1. The highest BCUT2D eigenvalue weighted by Gasteiger charge is 2.57. The van der Waals surface area contributed by atoms with E-state index < -0.39 is 30.9 Å². The van der Waals surface area contributed by atoms with Crippen LogP contribution in [-0.2, 0) is 6.54 Å². The Bertz CT molecular complexity index is 2950. The van der Waals surface area contributed by atoms with Gasteiger partial charge in [-0.2, -0.15) is 5.09 Å². The van der Waals surface area contributed by atoms with E-state index in [-0.39, 0.29) is 0 Å². The van der Waals surface area contributed by atoms with Crippen LogP contribution in [0.3, 0.4) is 0 Å². The molecule has 74 heavy (non-hydrogen) atoms. The molecule has 0 saturated carbocycles. The van der Waals surface area contributed by atoms with Crippen LogP contribution in [0.1, 0.15) is 124 Å². The van der Waals surface area contributed by atoms with E-state index in [4.69, 9.17) is 8.83 Å². The minimum atomic E-state index is -2.89. The van der Waals surface area contributed by atoms with Gasteiger partial charge in [-0.25, -0.2) is 0 Å². The Kier molecular flexibility index (Phi) is 18.7. The van der Waals surface area contributed by atoms with Gasteiger partial charge in [0.05, 0.1) is 22.7 Å². The van der Waals surface area contributed by atoms with Gasteiger partial charge in [0.15, 0.2) is 28.9 Å². The van der Waals surface area contributed by atoms with E-state index in [1.54, 1.807) is 10.4 Å². The maximum atomic E-state index is 7.29. The number of benzene rings is 7. The summed E-state index contributed by atoms with van der Waals surface area (Å²) in [4.78, 5) is 0. The molecule has 0 saturated heterocycles. The standard InChI is InChI=1S/C67H84NO2P2Si2/c1-7-13-46-73(47-14-8-2,48-15-9-3)56-42-38-54(39-43-56)71(55-40-44-57(45-41-55)74(49-16-10-4,50-17-11-5)51-18-12-6)72(68-52-53-28-20-19-21-29-53,64-36-26-32-60-58-30-22-24-34-62(58)69-66(60)64)65-37-27-33-61-59-31-23-25-35-63(59)70-67(61)65/h19-45,68H,7-18,46-52H2,1-6H3/q+1. The SMILES string of the molecule is CCCC[Si](CCCC)(CCCC)c1ccc(P(c2ccc([Si](CCCC)(CCCC)CCCC)cc2)[P+](NCc2ccccc2)(c2cccc3c2oc2ccccc23)c2cccc3c2oc2ccccc23)cc1. The minimum absolute atomic E-state index is 0.693. The van der Waals surface area contributed by atoms with Crippen molar-refractivity contribution in [3.63, 3.8) is 0 Å². The van der Waals surface area contributed by atoms with Crippen molar-refractivity contribution in [1.82, 2.24) is 5.09 Å². The van der Waals surface area contributed by atoms with Crippen molar-refractivity contribution in [1.29, 1.82) is 0 Å². The van der Waals surface area contributed by atoms with E-state index in [1.807, 2.05) is 0 Å². The van der Waals surface area contributed by atoms with Crippen LogP contribution in [0.5, 0.6) is 0 Å². The number of rotatable bonds is 28. The van der Waals surface area contributed by atoms with Gasteiger partial charge in [-0.15, -0.1) is 0 Å². The second kappa shape index (κ2) is 25.5. The summed E-state index contributed by atoms with van der Waals surface area (Å²) in [7, 11) is -7.70. The smallest absolute Gasteiger partial charge is 0.181 e. The molecule has 0 aliphatic heterocycles. The van der Waals surface area contributed by atoms with E-state index in [1.165, 1.54) is 151 Å². The molecule has 386 valence electrons. The number of nitrogens with one attached hydrogen (secondary N) is 1. The summed E-state index contributed by atoms with van der Waals surface area (Å²) in [5.74, 6) is 0. The lowest BCUT2D eigenvalue weighted by Crippen LogP contribution is -2.48. The minimum Gasteiger partial charge on any atom is -0.452 e. The van der Waals surface area contributed by atoms with Gasteiger partial charge < -0.3 is 8.83 Å². The number of hydrogen-bond acceptors (Lipinski definition) is 3. The molecule has 0 amide bonds. The average molecular weight is 1050 g/mol. The molecule has 0 aliphatic carbocycles. The first kappa shape index (κ1) is 54.2. The van der Waals surface area contributed by atoms with Gasteiger partial charge in [0, 0.05) is 32.2 Å². The van der Waals surface area contributed by atoms with Crippen LogP contribution in [0.15, 0.2) is 173 Å². The second-order valence-electron chi connectivity index (χ2n) is 21.5. The number of hydrogen-bond donors (Lipinski definition) is 1. The predicted octanol–water partition coefficient (Wildman–Crippen LogP) is 18.3. The first-order valence-corrected chi connectivity index (χ1v) is 38.0. The zero-order chi connectivity index (χ0) is 51.4. The molecule has 3 nitrogen and oxygen atoms in total. The van der Waals surface area contributed by atoms with Crippen molar-refractivity contribution >= 4 is 106 Å². The fourth-order valence-electron chi connectivity index (χ4n) is 12.5. The van der Waals surface area contributed by atoms with E-state index >= 15 is 0 Å². The van der Waals surface area contributed by atoms with Crippen molar-refractivity contribution < 1.29 is 8.83 Å². The normalized spacial score (nSPS) is 12.6. The van der Waals surface area contributed by atoms with Crippen LogP contribution in [0.25, 0.3) is 43.9 Å². The summed E-state index contributed by atoms with van der Waals surface area (Å²) in [5.41, 5.74) is 5.08. The molecule has 2 heterocycles. The molecule has 9 aromatic rings. The Morgan fingerprint density at radius 1 is 0.378 bits per heavy atom. The monoisotopic (exact) mass is 1050 g/mol. The van der Waals surface area contributed by atoms with Crippen LogP contribution in [0, 0.1) is 0 Å². The van der Waals surface area contributed by atoms with Crippen LogP contribution < -0.4 is 36.7 Å². The summed E-state index contributed by atoms with van der Waals surface area (Å²) >= 11 is 0. The van der Waals surface area contributed by atoms with Gasteiger partial charge in [-0.1, -0.05) is 305 Å². The highest BCUT2D eigenvalue weighted by Crippen LogP contribution is 2.79. The third-order valence-corrected chi connectivity index (χ3v) is 37.4. The lowest BCUT2D eigenvalue weighted by molar-refractivity contribution is 0.671. The summed E-state index contributed by atoms with van der Waals surface area (Å²) in [6.07, 6.45) is 15.5. The van der Waals surface area contributed by atoms with Gasteiger partial charge in [0.2, 0.25) is 0 Å². The molecule has 0 aliphatic rings. The molecular weight excluding hydrogens is 969 g/mol. The van der Waals surface area contributed by atoms with Crippen LogP contribution in [-0.4, -0.2) is 16.1 Å². The van der Waals surface area contributed by atoms with Crippen LogP contribution in [0.2, 0.25) is 36.3 Å². The van der Waals surface area contributed by atoms with Crippen LogP contribution >= 0.6 is 14.7 Å². The Hall–Kier alpha value is -4.61. The Morgan fingerprint density at radius 3 is 1.11 bits per heavy atom. The fraction of sp³-hybridized carbons (Fsp3) is 0.373. The van der Waals surface area contributed by atoms with E-state index in [0.29, 0.717) is 6.54 Å². The number of fused-ring (bicyclic) bond motifs is 6. The van der Waals surface area contributed by atoms with Crippen molar-refractivity contribution in [3.8, 4) is 0 Å². The first-order chi connectivity index (χ1) is 36.4. The Morgan fingerprint density at radius 2 is 0.730 bits per heavy atom. The molecule has 0 unspecified atom stereocenters. The molecular formula is C67H84NO2P2Si2+. The summed E-state index contributed by atoms with van der Waals surface area (Å²) in [6, 6.07) is 71.8.